The van der Waals surface area contributed by atoms with Crippen molar-refractivity contribution < 1.29 is 150 Å². The van der Waals surface area contributed by atoms with Gasteiger partial charge < -0.3 is 150 Å². The van der Waals surface area contributed by atoms with Crippen LogP contribution < -0.4 is 77.4 Å². The maximum absolute atomic E-state index is 17.1. The number of rotatable bonds is 15. The molecule has 15 unspecified atom stereocenters. The number of aliphatic hydroxyl groups is 6. The van der Waals surface area contributed by atoms with E-state index in [9.17, 15) is 75.3 Å². The lowest BCUT2D eigenvalue weighted by atomic mass is 9.89. The number of carboxylic acid groups (broad SMARTS) is 1. The maximum Gasteiger partial charge on any atom is 0.330 e. The number of aliphatic carboxylic acids is 1. The number of carbonyl (C=O) groups excluding carboxylic acids is 8. The number of phenols is 4. The van der Waals surface area contributed by atoms with E-state index in [1.807, 2.05) is 0 Å². The van der Waals surface area contributed by atoms with Crippen LogP contribution in [0.25, 0.3) is 11.1 Å². The summed E-state index contributed by atoms with van der Waals surface area (Å²) in [7, 11) is 0. The van der Waals surface area contributed by atoms with Crippen molar-refractivity contribution in [1.82, 2.24) is 48.0 Å². The fourth-order valence-corrected chi connectivity index (χ4v) is 18.1. The number of carboxylic acids is 1. The number of hydrogen-bond acceptors (Lipinski definition) is 32. The van der Waals surface area contributed by atoms with Gasteiger partial charge in [0, 0.05) is 61.6 Å². The number of phenolic OH excluding ortho intramolecular Hbond substituents is 4. The third-order valence-electron chi connectivity index (χ3n) is 24.2. The van der Waals surface area contributed by atoms with Crippen molar-refractivity contribution in [2.45, 2.75) is 213 Å². The number of halogens is 3. The van der Waals surface area contributed by atoms with Crippen LogP contribution in [-0.4, -0.2) is 227 Å². The van der Waals surface area contributed by atoms with Gasteiger partial charge in [0.15, 0.2) is 35.3 Å². The molecule has 0 aliphatic carbocycles. The normalized spacial score (nSPS) is 29.1. The fourth-order valence-electron chi connectivity index (χ4n) is 17.0. The van der Waals surface area contributed by atoms with Crippen LogP contribution in [0.3, 0.4) is 0 Å². The van der Waals surface area contributed by atoms with Gasteiger partial charge in [0.1, 0.15) is 160 Å². The molecule has 11 aliphatic rings. The lowest BCUT2D eigenvalue weighted by molar-refractivity contribution is -0.289. The van der Waals surface area contributed by atoms with E-state index >= 15 is 24.0 Å². The highest BCUT2D eigenvalue weighted by Gasteiger charge is 2.52. The van der Waals surface area contributed by atoms with Crippen LogP contribution >= 0.6 is 46.2 Å². The third-order valence-corrected chi connectivity index (χ3v) is 25.4. The van der Waals surface area contributed by atoms with Crippen LogP contribution in [-0.2, 0) is 76.4 Å². The van der Waals surface area contributed by atoms with E-state index in [0.29, 0.717) is 18.8 Å². The Hall–Kier alpha value is -11.3. The lowest BCUT2D eigenvalue weighted by Crippen LogP contribution is -2.65. The molecule has 133 heavy (non-hydrogen) atoms. The van der Waals surface area contributed by atoms with E-state index < -0.39 is 292 Å². The molecule has 0 spiro atoms. The zero-order chi connectivity index (χ0) is 94.8. The van der Waals surface area contributed by atoms with Gasteiger partial charge in [-0.25, -0.2) is 4.79 Å². The molecule has 7 aromatic carbocycles. The Morgan fingerprint density at radius 2 is 1.26 bits per heavy atom. The number of fused-ring (bicyclic) bond motifs is 15. The lowest BCUT2D eigenvalue weighted by Gasteiger charge is -2.44. The second kappa shape index (κ2) is 41.3. The highest BCUT2D eigenvalue weighted by molar-refractivity contribution is 14.1. The van der Waals surface area contributed by atoms with Gasteiger partial charge in [0.05, 0.1) is 35.5 Å². The molecule has 18 rings (SSSR count). The predicted molar refractivity (Wildman–Crippen MR) is 469 cm³/mol. The second-order valence-corrected chi connectivity index (χ2v) is 34.9. The molecule has 11 heterocycles. The summed E-state index contributed by atoms with van der Waals surface area (Å²) in [5, 5.41) is 150. The molecular formula is C89H97Cl2IN10O31. The first-order valence-corrected chi connectivity index (χ1v) is 44.4. The highest BCUT2D eigenvalue weighted by atomic mass is 127. The summed E-state index contributed by atoms with van der Waals surface area (Å²) in [5.74, 6) is -17.6. The summed E-state index contributed by atoms with van der Waals surface area (Å²) in [6, 6.07) is 2.58. The number of hydroxylamine groups is 1. The quantitative estimate of drug-likeness (QED) is 0.0500. The molecule has 44 heteroatoms. The van der Waals surface area contributed by atoms with Crippen molar-refractivity contribution >= 4 is 99.4 Å². The SMILES string of the molecule is CCC(C)CCCCCCC(=O)N[C@@H]1C(O)CC2CNOC[C@H]3OC(OC4c5ccc(c(Cl)c5)Oc5cc6cc(c5OC1O2)Oc1ccc(cc1Cl)C[C@H]1NC(=O)C(N)c2ccc(O)c(c2)Oc2cc(O)cc(c2)[C@H](NC1=O)C(=O)N[C@H]6C(=O)NC1C(=O)NC4C(=O)NC(C(=O)O)c2cc(O)cc(O[C@H]4OC(CO)[C@@H](OI)C(O)C4O)c2-c2cc1ccc2O)C(NC(C)=O)[C@@H](O)C3O. The molecule has 8 amide bonds. The van der Waals surface area contributed by atoms with Crippen LogP contribution in [0, 0.1) is 5.92 Å². The first-order valence-electron chi connectivity index (χ1n) is 42.7. The zero-order valence-corrected chi connectivity index (χ0v) is 74.7. The van der Waals surface area contributed by atoms with E-state index in [1.165, 1.54) is 65.5 Å². The number of nitrogens with two attached hydrogens (primary N) is 1. The van der Waals surface area contributed by atoms with Crippen molar-refractivity contribution in [3.05, 3.63) is 164 Å². The van der Waals surface area contributed by atoms with Crippen LogP contribution in [0.4, 0.5) is 0 Å². The monoisotopic (exact) mass is 2000 g/mol. The predicted octanol–water partition coefficient (Wildman–Crippen LogP) is 4.36. The molecule has 22 N–H and O–H groups in total. The third kappa shape index (κ3) is 21.3. The largest absolute Gasteiger partial charge is 0.508 e. The number of amides is 8. The molecule has 3 saturated heterocycles. The van der Waals surface area contributed by atoms with Crippen molar-refractivity contribution in [3.8, 4) is 80.1 Å². The Morgan fingerprint density at radius 3 is 1.95 bits per heavy atom. The number of ether oxygens (including phenoxy) is 9. The zero-order valence-electron chi connectivity index (χ0n) is 71.0. The van der Waals surface area contributed by atoms with Crippen molar-refractivity contribution in [1.29, 1.82) is 0 Å². The minimum atomic E-state index is -2.52. The second-order valence-electron chi connectivity index (χ2n) is 33.6. The van der Waals surface area contributed by atoms with E-state index in [0.717, 1.165) is 105 Å². The van der Waals surface area contributed by atoms with Gasteiger partial charge in [-0.15, -0.1) is 0 Å². The number of aliphatic hydroxyl groups excluding tert-OH is 6. The molecule has 23 atom stereocenters. The molecule has 22 bridgehead atoms. The minimum Gasteiger partial charge on any atom is -0.508 e. The Bertz CT molecular complexity index is 5610. The smallest absolute Gasteiger partial charge is 0.330 e. The fraction of sp³-hybridized carbons (Fsp3) is 0.427. The van der Waals surface area contributed by atoms with Crippen LogP contribution in [0.1, 0.15) is 147 Å². The van der Waals surface area contributed by atoms with Gasteiger partial charge in [-0.05, 0) is 125 Å². The minimum absolute atomic E-state index is 0.0440. The molecule has 3 fully saturated rings. The molecule has 11 aliphatic heterocycles. The Kier molecular flexibility index (Phi) is 29.9. The average molecular weight is 2000 g/mol. The maximum atomic E-state index is 17.1. The number of aromatic hydroxyl groups is 4. The van der Waals surface area contributed by atoms with Crippen LogP contribution in [0.5, 0.6) is 69.0 Å². The standard InChI is InChI=1S/C89H97Cl2IN10O31/c1-4-35(2)9-7-5-6-8-10-63(110)97-70-54(109)31-46-32-94-123-34-62-73(111)74(112)71(95-36(3)104)88(130-62)131-77-40-14-18-56(50(91)24-40)127-60-27-42-26-59(78(60)132-87(70)125-46)126-55-17-11-37(19-49(55)90)20-51-80(115)98-67(41-21-43(105)28-45(22-41)124-57-25-38(12-16-53(57)108)65(93)81(116)96-51)83(118)100-68(42)84(119)99-66-39-13-15-52(107)47(23-39)64-48(69(86(121)122)101-85(120)72(77)102-82(66)117)29-44(106)30-58(64)128-89-76(114)75(113)79(133-92)61(33-103)129-89/h11-19,21-30,35,46,51,54,61-62,65-77,79,87-89,94,103,105-109,111-114H,4-10,20,31-34,93H2,1-3H3,(H,95,104)(H,96,116)(H,97,110)(H,98,115)(H,99,119)(H,100,118)(H,101,120)(H,102,117)(H,121,122)/t35?,46?,51-,54?,61?,62-,65?,66?,67+,68-,69?,70-,71?,72?,73?,74-,75?,76?,77?,79-,87?,88?,89+/m1/s1. The van der Waals surface area contributed by atoms with Gasteiger partial charge in [-0.3, -0.25) is 43.2 Å². The van der Waals surface area contributed by atoms with E-state index in [-0.39, 0.29) is 63.9 Å². The topological polar surface area (TPSA) is 612 Å². The molecular weight excluding hydrogens is 1900 g/mol. The van der Waals surface area contributed by atoms with Crippen LogP contribution in [0.15, 0.2) is 115 Å². The molecule has 41 nitrogen and oxygen atoms in total. The van der Waals surface area contributed by atoms with Crippen LogP contribution in [0.2, 0.25) is 10.0 Å². The highest BCUT2D eigenvalue weighted by Crippen LogP contribution is 2.51. The van der Waals surface area contributed by atoms with E-state index in [1.54, 1.807) is 0 Å². The average Bonchev–Trinajstić information content (AvgIpc) is 0.755. The van der Waals surface area contributed by atoms with Gasteiger partial charge in [0.2, 0.25) is 65.6 Å². The molecule has 0 saturated carbocycles. The summed E-state index contributed by atoms with van der Waals surface area (Å²) in [4.78, 5) is 145. The summed E-state index contributed by atoms with van der Waals surface area (Å²) < 4.78 is 64.7. The van der Waals surface area contributed by atoms with Gasteiger partial charge in [0.25, 0.3) is 0 Å². The van der Waals surface area contributed by atoms with Gasteiger partial charge in [-0.2, -0.15) is 5.48 Å². The van der Waals surface area contributed by atoms with Crippen molar-refractivity contribution in [3.63, 3.8) is 0 Å². The number of hydrogen-bond donors (Lipinski definition) is 21. The Labute approximate surface area is 781 Å². The summed E-state index contributed by atoms with van der Waals surface area (Å²) in [6.45, 7) is 3.29. The van der Waals surface area contributed by atoms with E-state index in [2.05, 4.69) is 61.9 Å². The number of carbonyl (C=O) groups is 9. The number of nitrogens with one attached hydrogen (secondary N) is 9. The van der Waals surface area contributed by atoms with Crippen molar-refractivity contribution in [2.75, 3.05) is 19.8 Å². The molecule has 710 valence electrons. The molecule has 7 aromatic rings. The molecule has 0 radical (unpaired) electrons. The summed E-state index contributed by atoms with van der Waals surface area (Å²) >= 11 is 16.3. The van der Waals surface area contributed by atoms with Gasteiger partial charge in [-0.1, -0.05) is 93.4 Å². The number of benzene rings is 7. The first kappa shape index (κ1) is 96.3. The van der Waals surface area contributed by atoms with Crippen molar-refractivity contribution in [2.24, 2.45) is 11.7 Å². The van der Waals surface area contributed by atoms with E-state index in [4.69, 9.17) is 79.5 Å². The Morgan fingerprint density at radius 1 is 0.609 bits per heavy atom. The first-order chi connectivity index (χ1) is 63.6. The number of unbranched alkanes of at least 4 members (excludes halogenated alkanes) is 3. The van der Waals surface area contributed by atoms with Gasteiger partial charge >= 0.3 is 5.97 Å². The molecule has 0 aromatic heterocycles. The summed E-state index contributed by atoms with van der Waals surface area (Å²) in [5.41, 5.74) is 6.11. The Balaban J connectivity index is 0.991. The summed E-state index contributed by atoms with van der Waals surface area (Å²) in [6.07, 6.45) is -19.9.